The zero-order chi connectivity index (χ0) is 35.6. The van der Waals surface area contributed by atoms with E-state index in [1.165, 1.54) is 0 Å². The second kappa shape index (κ2) is 17.0. The van der Waals surface area contributed by atoms with Crippen LogP contribution in [0.3, 0.4) is 0 Å². The Morgan fingerprint density at radius 2 is 0.840 bits per heavy atom. The fraction of sp³-hybridized carbons (Fsp3) is 0.500. The normalized spacial score (nSPS) is 19.9. The summed E-state index contributed by atoms with van der Waals surface area (Å²) in [6.45, 7) is 3.43. The molecule has 0 bridgehead atoms. The van der Waals surface area contributed by atoms with Crippen LogP contribution in [0, 0.1) is 10.8 Å². The highest BCUT2D eigenvalue weighted by Gasteiger charge is 2.30. The van der Waals surface area contributed by atoms with E-state index in [1.54, 1.807) is 68.1 Å². The predicted octanol–water partition coefficient (Wildman–Crippen LogP) is 2.69. The van der Waals surface area contributed by atoms with Crippen LogP contribution in [0.15, 0.2) is 48.5 Å². The molecular formula is C36H48N8O6. The molecule has 268 valence electrons. The molecule has 2 aliphatic heterocycles. The van der Waals surface area contributed by atoms with Crippen LogP contribution in [0.5, 0.6) is 0 Å². The summed E-state index contributed by atoms with van der Waals surface area (Å²) in [6, 6.07) is 14.2. The van der Waals surface area contributed by atoms with Gasteiger partial charge in [-0.1, -0.05) is 48.5 Å². The molecule has 14 nitrogen and oxygen atoms in total. The first-order valence-electron chi connectivity index (χ1n) is 17.4. The van der Waals surface area contributed by atoms with Crippen molar-refractivity contribution >= 4 is 35.7 Å². The number of amides is 4. The molecule has 2 saturated heterocycles. The van der Waals surface area contributed by atoms with E-state index in [-0.39, 0.29) is 60.7 Å². The van der Waals surface area contributed by atoms with Gasteiger partial charge in [-0.25, -0.2) is 9.59 Å². The van der Waals surface area contributed by atoms with E-state index < -0.39 is 0 Å². The Morgan fingerprint density at radius 3 is 1.14 bits per heavy atom. The number of piperazine rings is 2. The van der Waals surface area contributed by atoms with Crippen molar-refractivity contribution in [3.63, 3.8) is 0 Å². The van der Waals surface area contributed by atoms with E-state index in [0.29, 0.717) is 89.2 Å². The third-order valence-electron chi connectivity index (χ3n) is 9.66. The third kappa shape index (κ3) is 9.95. The van der Waals surface area contributed by atoms with Crippen LogP contribution in [-0.2, 0) is 31.9 Å². The maximum atomic E-state index is 13.0. The highest BCUT2D eigenvalue weighted by Crippen LogP contribution is 2.24. The van der Waals surface area contributed by atoms with Gasteiger partial charge in [0.1, 0.15) is 23.9 Å². The number of ether oxygens (including phenoxy) is 2. The topological polar surface area (TPSA) is 199 Å². The standard InChI is InChI=1S/C36H48N8O6/c37-33(38)27-11-7-25(8-12-27)23-31(45)41-15-19-43(20-16-41)35(47)49-29-3-1-4-30(6-2-5-29)50-36(48)44-21-17-42(18-22-44)32(46)24-26-9-13-28(14-10-26)34(39)40/h7-14,29-30H,1-6,15-24H2,(H3,37,38)(H3,39,40). The smallest absolute Gasteiger partial charge is 0.410 e. The summed E-state index contributed by atoms with van der Waals surface area (Å²) in [5.41, 5.74) is 13.9. The minimum atomic E-state index is -0.353. The maximum Gasteiger partial charge on any atom is 0.410 e. The first-order valence-corrected chi connectivity index (χ1v) is 17.4. The number of nitrogens with one attached hydrogen (secondary N) is 2. The number of rotatable bonds is 8. The van der Waals surface area contributed by atoms with Gasteiger partial charge in [0.15, 0.2) is 0 Å². The van der Waals surface area contributed by atoms with Crippen LogP contribution in [0.2, 0.25) is 0 Å². The maximum absolute atomic E-state index is 13.0. The fourth-order valence-corrected chi connectivity index (χ4v) is 6.56. The molecule has 14 heteroatoms. The van der Waals surface area contributed by atoms with Crippen molar-refractivity contribution in [2.75, 3.05) is 52.4 Å². The molecule has 0 unspecified atom stereocenters. The van der Waals surface area contributed by atoms with Gasteiger partial charge in [0.05, 0.1) is 12.8 Å². The number of carbonyl (C=O) groups is 4. The van der Waals surface area contributed by atoms with Gasteiger partial charge >= 0.3 is 12.2 Å². The molecular weight excluding hydrogens is 640 g/mol. The Labute approximate surface area is 292 Å². The molecule has 2 aromatic carbocycles. The molecule has 1 saturated carbocycles. The highest BCUT2D eigenvalue weighted by atomic mass is 16.6. The summed E-state index contributed by atoms with van der Waals surface area (Å²) in [5, 5.41) is 15.0. The van der Waals surface area contributed by atoms with Crippen molar-refractivity contribution in [1.82, 2.24) is 19.6 Å². The van der Waals surface area contributed by atoms with E-state index in [4.69, 9.17) is 31.8 Å². The van der Waals surface area contributed by atoms with Crippen LogP contribution in [0.1, 0.15) is 60.8 Å². The van der Waals surface area contributed by atoms with Crippen molar-refractivity contribution < 1.29 is 28.7 Å². The van der Waals surface area contributed by atoms with Gasteiger partial charge in [0.2, 0.25) is 11.8 Å². The van der Waals surface area contributed by atoms with Crippen molar-refractivity contribution in [3.05, 3.63) is 70.8 Å². The van der Waals surface area contributed by atoms with Crippen LogP contribution in [0.4, 0.5) is 9.59 Å². The van der Waals surface area contributed by atoms with Gasteiger partial charge in [0.25, 0.3) is 0 Å². The molecule has 2 heterocycles. The third-order valence-corrected chi connectivity index (χ3v) is 9.66. The average molecular weight is 689 g/mol. The minimum Gasteiger partial charge on any atom is -0.446 e. The summed E-state index contributed by atoms with van der Waals surface area (Å²) < 4.78 is 11.8. The monoisotopic (exact) mass is 688 g/mol. The quantitative estimate of drug-likeness (QED) is 0.240. The molecule has 6 N–H and O–H groups in total. The van der Waals surface area contributed by atoms with Crippen molar-refractivity contribution in [2.45, 2.75) is 63.6 Å². The van der Waals surface area contributed by atoms with Crippen molar-refractivity contribution in [3.8, 4) is 0 Å². The first-order chi connectivity index (χ1) is 24.0. The van der Waals surface area contributed by atoms with Crippen molar-refractivity contribution in [2.24, 2.45) is 11.5 Å². The summed E-state index contributed by atoms with van der Waals surface area (Å²) in [5.74, 6) is -0.0409. The Hall–Kier alpha value is -5.14. The first kappa shape index (κ1) is 36.1. The van der Waals surface area contributed by atoms with E-state index >= 15 is 0 Å². The number of carbonyl (C=O) groups excluding carboxylic acids is 4. The average Bonchev–Trinajstić information content (AvgIpc) is 3.10. The summed E-state index contributed by atoms with van der Waals surface area (Å²) in [7, 11) is 0. The minimum absolute atomic E-state index is 0.00775. The second-order valence-corrected chi connectivity index (χ2v) is 13.2. The lowest BCUT2D eigenvalue weighted by Crippen LogP contribution is -2.51. The van der Waals surface area contributed by atoms with Gasteiger partial charge in [-0.2, -0.15) is 0 Å². The zero-order valence-corrected chi connectivity index (χ0v) is 28.5. The molecule has 5 rings (SSSR count). The second-order valence-electron chi connectivity index (χ2n) is 13.2. The summed E-state index contributed by atoms with van der Waals surface area (Å²) in [6.07, 6.45) is 3.70. The molecule has 0 radical (unpaired) electrons. The van der Waals surface area contributed by atoms with E-state index in [9.17, 15) is 19.2 Å². The highest BCUT2D eigenvalue weighted by molar-refractivity contribution is 5.95. The molecule has 3 aliphatic rings. The van der Waals surface area contributed by atoms with E-state index in [1.807, 2.05) is 0 Å². The van der Waals surface area contributed by atoms with Crippen molar-refractivity contribution in [1.29, 1.82) is 10.8 Å². The van der Waals surface area contributed by atoms with Gasteiger partial charge in [-0.3, -0.25) is 20.4 Å². The van der Waals surface area contributed by atoms with Crippen LogP contribution in [-0.4, -0.2) is 120 Å². The predicted molar refractivity (Wildman–Crippen MR) is 187 cm³/mol. The number of amidine groups is 2. The zero-order valence-electron chi connectivity index (χ0n) is 28.5. The fourth-order valence-electron chi connectivity index (χ4n) is 6.56. The molecule has 1 aliphatic carbocycles. The lowest BCUT2D eigenvalue weighted by atomic mass is 9.96. The van der Waals surface area contributed by atoms with Gasteiger partial charge in [-0.15, -0.1) is 0 Å². The Kier molecular flexibility index (Phi) is 12.3. The Balaban J connectivity index is 0.964. The lowest BCUT2D eigenvalue weighted by Gasteiger charge is -2.36. The molecule has 0 aromatic heterocycles. The summed E-state index contributed by atoms with van der Waals surface area (Å²) >= 11 is 0. The van der Waals surface area contributed by atoms with Gasteiger partial charge in [-0.05, 0) is 49.7 Å². The lowest BCUT2D eigenvalue weighted by molar-refractivity contribution is -0.132. The molecule has 2 aromatic rings. The molecule has 3 fully saturated rings. The molecule has 0 atom stereocenters. The van der Waals surface area contributed by atoms with E-state index in [2.05, 4.69) is 0 Å². The van der Waals surface area contributed by atoms with Crippen LogP contribution in [0.25, 0.3) is 0 Å². The van der Waals surface area contributed by atoms with Crippen LogP contribution >= 0.6 is 0 Å². The Bertz CT molecular complexity index is 1410. The van der Waals surface area contributed by atoms with Gasteiger partial charge < -0.3 is 40.5 Å². The number of hydrogen-bond donors (Lipinski definition) is 4. The number of nitrogens with two attached hydrogens (primary N) is 2. The number of nitrogens with zero attached hydrogens (tertiary/aromatic N) is 4. The molecule has 0 spiro atoms. The largest absolute Gasteiger partial charge is 0.446 e. The Morgan fingerprint density at radius 1 is 0.540 bits per heavy atom. The van der Waals surface area contributed by atoms with E-state index in [0.717, 1.165) is 24.0 Å². The number of nitrogen functional groups attached to an aromatic ring is 2. The number of benzene rings is 2. The molecule has 4 amide bonds. The summed E-state index contributed by atoms with van der Waals surface area (Å²) in [4.78, 5) is 58.4. The SMILES string of the molecule is N=C(N)c1ccc(CC(=O)N2CCN(C(=O)OC3CCCC(OC(=O)N4CCN(C(=O)Cc5ccc(C(=N)N)cc5)CC4)CCC3)CC2)cc1. The molecule has 50 heavy (non-hydrogen) atoms. The van der Waals surface area contributed by atoms with Gasteiger partial charge in [0, 0.05) is 63.5 Å². The van der Waals surface area contributed by atoms with Crippen LogP contribution < -0.4 is 11.5 Å². The number of hydrogen-bond acceptors (Lipinski definition) is 8.